The van der Waals surface area contributed by atoms with E-state index in [0.717, 1.165) is 56.5 Å². The molecule has 0 saturated carbocycles. The molecule has 0 aromatic carbocycles. The summed E-state index contributed by atoms with van der Waals surface area (Å²) in [7, 11) is 0. The molecule has 12 heteroatoms. The van der Waals surface area contributed by atoms with Gasteiger partial charge in [-0.05, 0) is 86.9 Å². The number of carbonyl (C=O) groups is 4. The number of carboxylic acids is 3. The first-order chi connectivity index (χ1) is 24.7. The first-order valence-electron chi connectivity index (χ1n) is 17.9. The maximum absolute atomic E-state index is 13.7. The van der Waals surface area contributed by atoms with E-state index >= 15 is 0 Å². The van der Waals surface area contributed by atoms with Crippen molar-refractivity contribution in [3.8, 4) is 0 Å². The van der Waals surface area contributed by atoms with Crippen LogP contribution in [0.3, 0.4) is 0 Å². The Balaban J connectivity index is 1.76. The van der Waals surface area contributed by atoms with Gasteiger partial charge in [-0.1, -0.05) is 32.9 Å². The van der Waals surface area contributed by atoms with E-state index in [0.29, 0.717) is 48.3 Å². The number of nitrogens with one attached hydrogen (secondary N) is 5. The lowest BCUT2D eigenvalue weighted by molar-refractivity contribution is -0.138. The number of hydrogen-bond acceptors (Lipinski definition) is 5. The van der Waals surface area contributed by atoms with Crippen LogP contribution in [0.4, 0.5) is 0 Å². The van der Waals surface area contributed by atoms with Crippen molar-refractivity contribution < 1.29 is 34.5 Å². The van der Waals surface area contributed by atoms with Crippen molar-refractivity contribution in [3.63, 3.8) is 0 Å². The summed E-state index contributed by atoms with van der Waals surface area (Å²) in [5, 5.41) is 37.5. The minimum Gasteiger partial charge on any atom is -0.481 e. The van der Waals surface area contributed by atoms with Crippen LogP contribution in [0.15, 0.2) is 18.0 Å². The van der Waals surface area contributed by atoms with Crippen LogP contribution in [0.5, 0.6) is 0 Å². The Kier molecular flexibility index (Phi) is 11.5. The monoisotopic (exact) mass is 711 g/mol. The summed E-state index contributed by atoms with van der Waals surface area (Å²) in [6.45, 7) is 14.3. The van der Waals surface area contributed by atoms with Crippen molar-refractivity contribution in [2.75, 3.05) is 6.54 Å². The summed E-state index contributed by atoms with van der Waals surface area (Å²) in [4.78, 5) is 60.0. The second-order valence-electron chi connectivity index (χ2n) is 13.8. The average molecular weight is 712 g/mol. The highest BCUT2D eigenvalue weighted by molar-refractivity contribution is 6.00. The third kappa shape index (κ3) is 7.70. The predicted octanol–water partition coefficient (Wildman–Crippen LogP) is 5.09. The van der Waals surface area contributed by atoms with Crippen LogP contribution in [0, 0.1) is 32.6 Å². The average Bonchev–Trinajstić information content (AvgIpc) is 3.76. The fourth-order valence-electron chi connectivity index (χ4n) is 7.59. The van der Waals surface area contributed by atoms with E-state index in [1.54, 1.807) is 6.92 Å². The van der Waals surface area contributed by atoms with Gasteiger partial charge >= 0.3 is 17.9 Å². The summed E-state index contributed by atoms with van der Waals surface area (Å²) in [5.41, 5.74) is 9.08. The molecule has 1 fully saturated rings. The number of aliphatic carboxylic acids is 2. The summed E-state index contributed by atoms with van der Waals surface area (Å²) >= 11 is 0. The van der Waals surface area contributed by atoms with Gasteiger partial charge in [0.05, 0.1) is 17.7 Å². The van der Waals surface area contributed by atoms with E-state index in [9.17, 15) is 29.4 Å². The Morgan fingerprint density at radius 1 is 0.846 bits per heavy atom. The topological polar surface area (TPSA) is 200 Å². The summed E-state index contributed by atoms with van der Waals surface area (Å²) in [6.07, 6.45) is 10.3. The molecule has 0 radical (unpaired) electrons. The Morgan fingerprint density at radius 3 is 2.19 bits per heavy atom. The van der Waals surface area contributed by atoms with Crippen LogP contribution >= 0.6 is 0 Å². The molecule has 8 N–H and O–H groups in total. The van der Waals surface area contributed by atoms with Crippen LogP contribution in [0.25, 0.3) is 29.9 Å². The standard InChI is InChI=1S/C40H49N5O7/c1-7-24-20(3)28-17-30-22(5)26(13-14-36(49)50)38(44-30)27(16-34(46)41-15-11-9-10-12-35(47)48)39-37(40(51)52)23(6)31(45-39)19-33-25(8-2)21(4)29(43-33)18-32(24)42-28/h7,17-19,22,26,42-45H,1,8-16H2,2-6H3,(H,41,46)(H,47,48)(H,49,50)(H,51,52)/t22-,26-/m0/s1. The van der Waals surface area contributed by atoms with Crippen molar-refractivity contribution in [1.29, 1.82) is 0 Å². The van der Waals surface area contributed by atoms with E-state index in [1.807, 2.05) is 32.1 Å². The minimum absolute atomic E-state index is 0.0385. The van der Waals surface area contributed by atoms with Crippen molar-refractivity contribution in [3.05, 3.63) is 84.8 Å². The molecule has 0 spiro atoms. The highest BCUT2D eigenvalue weighted by atomic mass is 16.4. The first kappa shape index (κ1) is 37.7. The molecular formula is C40H49N5O7. The first-order valence-corrected chi connectivity index (χ1v) is 17.9. The number of carbonyl (C=O) groups excluding carboxylic acids is 1. The lowest BCUT2D eigenvalue weighted by atomic mass is 9.85. The molecular weight excluding hydrogens is 662 g/mol. The van der Waals surface area contributed by atoms with Crippen LogP contribution in [-0.2, 0) is 20.8 Å². The predicted molar refractivity (Wildman–Crippen MR) is 201 cm³/mol. The normalized spacial score (nSPS) is 16.4. The molecule has 2 aliphatic rings. The van der Waals surface area contributed by atoms with Gasteiger partial charge in [0, 0.05) is 81.5 Å². The molecule has 2 aliphatic heterocycles. The minimum atomic E-state index is -1.15. The Bertz CT molecular complexity index is 2120. The van der Waals surface area contributed by atoms with E-state index < -0.39 is 17.9 Å². The molecule has 5 heterocycles. The van der Waals surface area contributed by atoms with E-state index in [2.05, 4.69) is 52.1 Å². The molecule has 0 unspecified atom stereocenters. The number of aromatic amines is 3. The lowest BCUT2D eigenvalue weighted by Crippen LogP contribution is -2.26. The smallest absolute Gasteiger partial charge is 0.338 e. The number of unbranched alkanes of at least 4 members (excludes halogenated alkanes) is 2. The highest BCUT2D eigenvalue weighted by Crippen LogP contribution is 2.43. The van der Waals surface area contributed by atoms with Gasteiger partial charge in [-0.3, -0.25) is 14.4 Å². The number of aromatic nitrogens is 3. The largest absolute Gasteiger partial charge is 0.481 e. The van der Waals surface area contributed by atoms with Crippen LogP contribution in [0.2, 0.25) is 0 Å². The van der Waals surface area contributed by atoms with E-state index in [-0.39, 0.29) is 54.7 Å². The summed E-state index contributed by atoms with van der Waals surface area (Å²) < 4.78 is 0. The van der Waals surface area contributed by atoms with Gasteiger partial charge in [-0.2, -0.15) is 0 Å². The third-order valence-electron chi connectivity index (χ3n) is 10.5. The zero-order valence-corrected chi connectivity index (χ0v) is 30.5. The Labute approximate surface area is 302 Å². The van der Waals surface area contributed by atoms with Crippen LogP contribution < -0.4 is 21.3 Å². The maximum Gasteiger partial charge on any atom is 0.338 e. The number of hydrogen-bond donors (Lipinski definition) is 8. The van der Waals surface area contributed by atoms with E-state index in [4.69, 9.17) is 5.11 Å². The van der Waals surface area contributed by atoms with Crippen LogP contribution in [-0.4, -0.2) is 60.6 Å². The number of amides is 1. The van der Waals surface area contributed by atoms with E-state index in [1.165, 1.54) is 0 Å². The van der Waals surface area contributed by atoms with Gasteiger partial charge in [0.2, 0.25) is 5.91 Å². The lowest BCUT2D eigenvalue weighted by Gasteiger charge is -2.19. The van der Waals surface area contributed by atoms with Crippen molar-refractivity contribution in [2.24, 2.45) is 11.8 Å². The number of rotatable bonds is 14. The summed E-state index contributed by atoms with van der Waals surface area (Å²) in [6, 6.07) is 0. The molecule has 1 amide bonds. The number of H-pyrrole nitrogens is 3. The molecule has 3 aromatic rings. The van der Waals surface area contributed by atoms with Crippen LogP contribution in [0.1, 0.15) is 120 Å². The zero-order valence-electron chi connectivity index (χ0n) is 30.5. The second kappa shape index (κ2) is 15.8. The van der Waals surface area contributed by atoms with Gasteiger partial charge in [-0.15, -0.1) is 0 Å². The quantitative estimate of drug-likeness (QED) is 0.106. The molecule has 1 saturated heterocycles. The second-order valence-corrected chi connectivity index (χ2v) is 13.8. The zero-order chi connectivity index (χ0) is 37.9. The Morgan fingerprint density at radius 2 is 1.54 bits per heavy atom. The van der Waals surface area contributed by atoms with Gasteiger partial charge in [0.15, 0.2) is 0 Å². The SMILES string of the molecule is C=Cc1c2[nH]c(c1C)C=C1NC(=C(CC(=O)NCCCCCC(=O)O)c3[nH]c(c(C)c3C(=O)O)C=c3[nH]c(c(C)c3CC)=C2)[C@@H](CCC(=O)O)[C@@H]1C. The molecule has 3 aromatic heterocycles. The highest BCUT2D eigenvalue weighted by Gasteiger charge is 2.37. The maximum atomic E-state index is 13.7. The third-order valence-corrected chi connectivity index (χ3v) is 10.5. The molecule has 12 nitrogen and oxygen atoms in total. The fraction of sp³-hybridized carbons (Fsp3) is 0.400. The van der Waals surface area contributed by atoms with Gasteiger partial charge < -0.3 is 40.9 Å². The fourth-order valence-corrected chi connectivity index (χ4v) is 7.59. The molecule has 0 aliphatic carbocycles. The number of aromatic carboxylic acids is 1. The molecule has 52 heavy (non-hydrogen) atoms. The van der Waals surface area contributed by atoms with Crippen molar-refractivity contribution in [1.82, 2.24) is 25.6 Å². The molecule has 5 rings (SSSR count). The van der Waals surface area contributed by atoms with Gasteiger partial charge in [0.1, 0.15) is 0 Å². The van der Waals surface area contributed by atoms with Crippen molar-refractivity contribution >= 4 is 53.7 Å². The molecule has 2 atom stereocenters. The number of carboxylic acid groups (broad SMARTS) is 3. The number of allylic oxidation sites excluding steroid dienone is 2. The van der Waals surface area contributed by atoms with Crippen molar-refractivity contribution in [2.45, 2.75) is 86.0 Å². The van der Waals surface area contributed by atoms with Gasteiger partial charge in [-0.25, -0.2) is 4.79 Å². The van der Waals surface area contributed by atoms with Gasteiger partial charge in [0.25, 0.3) is 0 Å². The Hall–Kier alpha value is -5.52. The summed E-state index contributed by atoms with van der Waals surface area (Å²) in [5.74, 6) is -3.86. The molecule has 276 valence electrons. The molecule has 8 bridgehead atoms. The number of fused-ring (bicyclic) bond motifs is 8.